The molecule has 0 aliphatic carbocycles. The molecule has 0 spiro atoms. The van der Waals surface area contributed by atoms with Crippen molar-refractivity contribution in [2.24, 2.45) is 5.73 Å². The van der Waals surface area contributed by atoms with Crippen LogP contribution in [-0.4, -0.2) is 36.5 Å². The smallest absolute Gasteiger partial charge is 0.162 e. The van der Waals surface area contributed by atoms with E-state index in [9.17, 15) is 0 Å². The number of anilines is 1. The van der Waals surface area contributed by atoms with Gasteiger partial charge < -0.3 is 20.5 Å². The van der Waals surface area contributed by atoms with Crippen molar-refractivity contribution in [2.75, 3.05) is 31.6 Å². The van der Waals surface area contributed by atoms with Crippen LogP contribution in [0.2, 0.25) is 0 Å². The Morgan fingerprint density at radius 2 is 1.90 bits per heavy atom. The average Bonchev–Trinajstić information content (AvgIpc) is 2.53. The number of fused-ring (bicyclic) bond motifs is 1. The van der Waals surface area contributed by atoms with E-state index in [0.717, 1.165) is 28.6 Å². The molecule has 1 aromatic heterocycles. The number of nitrogens with zero attached hydrogens (tertiary/aromatic N) is 2. The van der Waals surface area contributed by atoms with Crippen LogP contribution in [0.5, 0.6) is 11.5 Å². The summed E-state index contributed by atoms with van der Waals surface area (Å²) in [6.45, 7) is 2.40. The molecule has 104 valence electrons. The largest absolute Gasteiger partial charge is 0.486 e. The second-order valence-electron chi connectivity index (χ2n) is 4.38. The Bertz CT molecular complexity index is 586. The first-order chi connectivity index (χ1) is 9.86. The summed E-state index contributed by atoms with van der Waals surface area (Å²) in [5, 5.41) is 11.4. The van der Waals surface area contributed by atoms with E-state index in [1.165, 1.54) is 0 Å². The number of rotatable bonds is 4. The fraction of sp³-hybridized carbons (Fsp3) is 0.286. The molecule has 2 heterocycles. The topological polar surface area (TPSA) is 82.3 Å². The predicted octanol–water partition coefficient (Wildman–Crippen LogP) is 1.29. The predicted molar refractivity (Wildman–Crippen MR) is 76.0 cm³/mol. The minimum atomic E-state index is 0.561. The molecule has 3 rings (SSSR count). The van der Waals surface area contributed by atoms with Crippen LogP contribution in [0.25, 0.3) is 11.3 Å². The van der Waals surface area contributed by atoms with Gasteiger partial charge in [0.15, 0.2) is 11.5 Å². The lowest BCUT2D eigenvalue weighted by atomic mass is 10.1. The maximum absolute atomic E-state index is 5.56. The quantitative estimate of drug-likeness (QED) is 0.872. The monoisotopic (exact) mass is 272 g/mol. The van der Waals surface area contributed by atoms with E-state index >= 15 is 0 Å². The third-order valence-corrected chi connectivity index (χ3v) is 2.95. The number of nitrogens with two attached hydrogens (primary N) is 1. The summed E-state index contributed by atoms with van der Waals surface area (Å²) in [6, 6.07) is 9.56. The van der Waals surface area contributed by atoms with Crippen LogP contribution in [0, 0.1) is 0 Å². The average molecular weight is 272 g/mol. The fourth-order valence-corrected chi connectivity index (χ4v) is 1.98. The summed E-state index contributed by atoms with van der Waals surface area (Å²) in [6.07, 6.45) is 0. The van der Waals surface area contributed by atoms with Gasteiger partial charge >= 0.3 is 0 Å². The molecular formula is C14H16N4O2. The zero-order chi connectivity index (χ0) is 13.8. The molecule has 1 aliphatic heterocycles. The fourth-order valence-electron chi connectivity index (χ4n) is 1.98. The molecule has 0 fully saturated rings. The molecule has 6 heteroatoms. The van der Waals surface area contributed by atoms with Gasteiger partial charge in [-0.3, -0.25) is 0 Å². The van der Waals surface area contributed by atoms with Crippen molar-refractivity contribution in [1.29, 1.82) is 0 Å². The maximum Gasteiger partial charge on any atom is 0.162 e. The highest BCUT2D eigenvalue weighted by Gasteiger charge is 2.13. The third kappa shape index (κ3) is 2.65. The highest BCUT2D eigenvalue weighted by Crippen LogP contribution is 2.33. The summed E-state index contributed by atoms with van der Waals surface area (Å²) in [7, 11) is 0. The highest BCUT2D eigenvalue weighted by atomic mass is 16.6. The van der Waals surface area contributed by atoms with E-state index in [0.29, 0.717) is 26.3 Å². The standard InChI is InChI=1S/C14H16N4O2/c15-5-6-16-14-4-2-11(17-18-14)10-1-3-12-13(9-10)20-8-7-19-12/h1-4,9H,5-8,15H2,(H,16,18). The zero-order valence-electron chi connectivity index (χ0n) is 11.0. The third-order valence-electron chi connectivity index (χ3n) is 2.95. The number of nitrogens with one attached hydrogen (secondary N) is 1. The van der Waals surface area contributed by atoms with Crippen molar-refractivity contribution in [2.45, 2.75) is 0 Å². The van der Waals surface area contributed by atoms with Crippen LogP contribution in [-0.2, 0) is 0 Å². The first-order valence-electron chi connectivity index (χ1n) is 6.54. The Labute approximate surface area is 116 Å². The molecule has 0 radical (unpaired) electrons. The molecule has 0 saturated carbocycles. The van der Waals surface area contributed by atoms with E-state index in [-0.39, 0.29) is 0 Å². The van der Waals surface area contributed by atoms with E-state index in [2.05, 4.69) is 15.5 Å². The molecule has 2 aromatic rings. The van der Waals surface area contributed by atoms with Gasteiger partial charge in [0.05, 0.1) is 5.69 Å². The molecule has 0 saturated heterocycles. The molecule has 3 N–H and O–H groups in total. The first-order valence-corrected chi connectivity index (χ1v) is 6.54. The number of hydrogen-bond donors (Lipinski definition) is 2. The van der Waals surface area contributed by atoms with Crippen molar-refractivity contribution >= 4 is 5.82 Å². The van der Waals surface area contributed by atoms with Gasteiger partial charge in [0, 0.05) is 18.7 Å². The van der Waals surface area contributed by atoms with Crippen molar-refractivity contribution in [1.82, 2.24) is 10.2 Å². The number of ether oxygens (including phenoxy) is 2. The Balaban J connectivity index is 1.81. The lowest BCUT2D eigenvalue weighted by Gasteiger charge is -2.18. The van der Waals surface area contributed by atoms with Crippen LogP contribution in [0.15, 0.2) is 30.3 Å². The first kappa shape index (κ1) is 12.7. The molecule has 0 unspecified atom stereocenters. The minimum Gasteiger partial charge on any atom is -0.486 e. The second-order valence-corrected chi connectivity index (χ2v) is 4.38. The molecule has 6 nitrogen and oxygen atoms in total. The van der Waals surface area contributed by atoms with Crippen LogP contribution in [0.1, 0.15) is 0 Å². The SMILES string of the molecule is NCCNc1ccc(-c2ccc3c(c2)OCCO3)nn1. The molecule has 0 atom stereocenters. The molecule has 0 amide bonds. The number of benzene rings is 1. The number of aromatic nitrogens is 2. The van der Waals surface area contributed by atoms with Crippen LogP contribution in [0.4, 0.5) is 5.82 Å². The summed E-state index contributed by atoms with van der Waals surface area (Å²) in [5.74, 6) is 2.24. The summed E-state index contributed by atoms with van der Waals surface area (Å²) in [4.78, 5) is 0. The Morgan fingerprint density at radius 1 is 1.05 bits per heavy atom. The summed E-state index contributed by atoms with van der Waals surface area (Å²) in [5.41, 5.74) is 7.17. The van der Waals surface area contributed by atoms with Crippen molar-refractivity contribution < 1.29 is 9.47 Å². The summed E-state index contributed by atoms with van der Waals surface area (Å²) < 4.78 is 11.1. The van der Waals surface area contributed by atoms with Crippen molar-refractivity contribution in [3.05, 3.63) is 30.3 Å². The number of hydrogen-bond acceptors (Lipinski definition) is 6. The Morgan fingerprint density at radius 3 is 2.65 bits per heavy atom. The Hall–Kier alpha value is -2.34. The molecule has 1 aromatic carbocycles. The van der Waals surface area contributed by atoms with E-state index in [1.807, 2.05) is 30.3 Å². The molecule has 1 aliphatic rings. The summed E-state index contributed by atoms with van der Waals surface area (Å²) >= 11 is 0. The molecule has 20 heavy (non-hydrogen) atoms. The highest BCUT2D eigenvalue weighted by molar-refractivity contribution is 5.64. The van der Waals surface area contributed by atoms with E-state index in [4.69, 9.17) is 15.2 Å². The maximum atomic E-state index is 5.56. The van der Waals surface area contributed by atoms with Gasteiger partial charge in [-0.15, -0.1) is 10.2 Å². The Kier molecular flexibility index (Phi) is 3.64. The second kappa shape index (κ2) is 5.75. The van der Waals surface area contributed by atoms with Crippen molar-refractivity contribution in [3.8, 4) is 22.8 Å². The van der Waals surface area contributed by atoms with Crippen LogP contribution >= 0.6 is 0 Å². The van der Waals surface area contributed by atoms with Gasteiger partial charge in [-0.1, -0.05) is 0 Å². The zero-order valence-corrected chi connectivity index (χ0v) is 11.0. The van der Waals surface area contributed by atoms with E-state index in [1.54, 1.807) is 0 Å². The lowest BCUT2D eigenvalue weighted by molar-refractivity contribution is 0.171. The van der Waals surface area contributed by atoms with Crippen molar-refractivity contribution in [3.63, 3.8) is 0 Å². The van der Waals surface area contributed by atoms with Gasteiger partial charge in [-0.25, -0.2) is 0 Å². The van der Waals surface area contributed by atoms with Gasteiger partial charge in [0.1, 0.15) is 19.0 Å². The van der Waals surface area contributed by atoms with Crippen LogP contribution < -0.4 is 20.5 Å². The normalized spacial score (nSPS) is 13.1. The lowest BCUT2D eigenvalue weighted by Crippen LogP contribution is -2.15. The molecule has 0 bridgehead atoms. The van der Waals surface area contributed by atoms with Gasteiger partial charge in [0.2, 0.25) is 0 Å². The van der Waals surface area contributed by atoms with E-state index < -0.39 is 0 Å². The van der Waals surface area contributed by atoms with Gasteiger partial charge in [0.25, 0.3) is 0 Å². The molecular weight excluding hydrogens is 256 g/mol. The van der Waals surface area contributed by atoms with Gasteiger partial charge in [-0.2, -0.15) is 0 Å². The van der Waals surface area contributed by atoms with Gasteiger partial charge in [-0.05, 0) is 30.3 Å². The minimum absolute atomic E-state index is 0.561. The van der Waals surface area contributed by atoms with Crippen LogP contribution in [0.3, 0.4) is 0 Å².